The van der Waals surface area contributed by atoms with E-state index in [0.29, 0.717) is 17.7 Å². The number of halogens is 3. The van der Waals surface area contributed by atoms with Crippen molar-refractivity contribution in [2.75, 3.05) is 5.32 Å². The highest BCUT2D eigenvalue weighted by atomic mass is 19.4. The molecule has 0 saturated heterocycles. The molecule has 1 aromatic heterocycles. The number of nitrogens with one attached hydrogen (secondary N) is 3. The monoisotopic (exact) mass is 479 g/mol. The van der Waals surface area contributed by atoms with Crippen molar-refractivity contribution in [3.8, 4) is 16.9 Å². The Morgan fingerprint density at radius 2 is 1.86 bits per heavy atom. The van der Waals surface area contributed by atoms with Crippen LogP contribution < -0.4 is 10.9 Å². The second-order valence-electron chi connectivity index (χ2n) is 8.71. The fraction of sp³-hybridized carbons (Fsp3) is 0.231. The van der Waals surface area contributed by atoms with Crippen LogP contribution in [0.2, 0.25) is 0 Å². The van der Waals surface area contributed by atoms with E-state index in [2.05, 4.69) is 10.4 Å². The Bertz CT molecular complexity index is 1420. The fourth-order valence-corrected chi connectivity index (χ4v) is 4.37. The van der Waals surface area contributed by atoms with Crippen LogP contribution in [0.15, 0.2) is 53.3 Å². The summed E-state index contributed by atoms with van der Waals surface area (Å²) in [5.41, 5.74) is 1.91. The summed E-state index contributed by atoms with van der Waals surface area (Å²) in [6, 6.07) is 8.87. The highest BCUT2D eigenvalue weighted by Gasteiger charge is 2.36. The molecule has 0 saturated carbocycles. The number of alkyl halides is 3. The molecule has 1 unspecified atom stereocenters. The third kappa shape index (κ3) is 4.66. The topological polar surface area (TPSA) is 94.6 Å². The number of allylic oxidation sites excluding steroid dienone is 2. The zero-order valence-corrected chi connectivity index (χ0v) is 19.4. The summed E-state index contributed by atoms with van der Waals surface area (Å²) < 4.78 is 42.8. The molecule has 0 bridgehead atoms. The molecule has 6 nitrogen and oxygen atoms in total. The number of aryl methyl sites for hydroxylation is 2. The van der Waals surface area contributed by atoms with Crippen LogP contribution in [0.4, 0.5) is 18.9 Å². The molecule has 35 heavy (non-hydrogen) atoms. The predicted octanol–water partition coefficient (Wildman–Crippen LogP) is 5.47. The second-order valence-corrected chi connectivity index (χ2v) is 8.71. The van der Waals surface area contributed by atoms with Crippen LogP contribution in [0.25, 0.3) is 16.9 Å². The van der Waals surface area contributed by atoms with Gasteiger partial charge in [-0.3, -0.25) is 4.79 Å². The third-order valence-electron chi connectivity index (χ3n) is 5.79. The van der Waals surface area contributed by atoms with Gasteiger partial charge in [-0.05, 0) is 63.6 Å². The lowest BCUT2D eigenvalue weighted by Gasteiger charge is -2.18. The minimum Gasteiger partial charge on any atom is -0.377 e. The predicted molar refractivity (Wildman–Crippen MR) is 131 cm³/mol. The molecule has 3 N–H and O–H groups in total. The van der Waals surface area contributed by atoms with E-state index < -0.39 is 23.0 Å². The SMILES string of the molecule is Cc1cc(C)cc(-c2nn(-c3cc(C(=N)/C=C\C=N)ccc3C(F)(F)F)c(=O)c3c2CC(C)N3)c1. The fourth-order valence-electron chi connectivity index (χ4n) is 4.37. The molecule has 1 aliphatic rings. The summed E-state index contributed by atoms with van der Waals surface area (Å²) >= 11 is 0. The molecule has 180 valence electrons. The third-order valence-corrected chi connectivity index (χ3v) is 5.79. The molecule has 0 amide bonds. The Balaban J connectivity index is 2.04. The first-order chi connectivity index (χ1) is 16.5. The van der Waals surface area contributed by atoms with Crippen LogP contribution in [0.1, 0.15) is 34.7 Å². The quantitative estimate of drug-likeness (QED) is 0.424. The molecule has 9 heteroatoms. The highest BCUT2D eigenvalue weighted by molar-refractivity contribution is 6.08. The summed E-state index contributed by atoms with van der Waals surface area (Å²) in [6.45, 7) is 5.74. The van der Waals surface area contributed by atoms with E-state index in [1.54, 1.807) is 0 Å². The molecule has 1 atom stereocenters. The van der Waals surface area contributed by atoms with Crippen molar-refractivity contribution < 1.29 is 13.2 Å². The van der Waals surface area contributed by atoms with Crippen LogP contribution in [0, 0.1) is 24.7 Å². The van der Waals surface area contributed by atoms with Gasteiger partial charge in [0, 0.05) is 28.9 Å². The maximum Gasteiger partial charge on any atom is 0.418 e. The van der Waals surface area contributed by atoms with Gasteiger partial charge >= 0.3 is 6.18 Å². The Labute approximate surface area is 200 Å². The molecule has 3 aromatic rings. The molecule has 1 aliphatic heterocycles. The van der Waals surface area contributed by atoms with Gasteiger partial charge in [0.05, 0.1) is 22.7 Å². The molecule has 0 aliphatic carbocycles. The number of fused-ring (bicyclic) bond motifs is 1. The van der Waals surface area contributed by atoms with Crippen molar-refractivity contribution in [3.05, 3.63) is 86.7 Å². The minimum absolute atomic E-state index is 0.0761. The maximum absolute atomic E-state index is 14.0. The van der Waals surface area contributed by atoms with E-state index in [0.717, 1.165) is 39.7 Å². The Morgan fingerprint density at radius 3 is 2.49 bits per heavy atom. The Hall–Kier alpha value is -4.01. The van der Waals surface area contributed by atoms with Crippen molar-refractivity contribution in [2.24, 2.45) is 0 Å². The highest BCUT2D eigenvalue weighted by Crippen LogP contribution is 2.36. The van der Waals surface area contributed by atoms with Crippen molar-refractivity contribution in [2.45, 2.75) is 39.4 Å². The summed E-state index contributed by atoms with van der Waals surface area (Å²) in [5.74, 6) is 0. The number of rotatable bonds is 5. The molecule has 0 fully saturated rings. The standard InChI is InChI=1S/C26H24F3N5O/c1-14-9-15(2)11-18(10-14)23-19-12-16(3)32-24(19)25(35)34(33-23)22-13-17(21(31)5-4-8-30)6-7-20(22)26(27,28)29/h4-11,13,16,30-32H,12H2,1-3H3/b5-4-,30-8?,31-21?. The largest absolute Gasteiger partial charge is 0.418 e. The first kappa shape index (κ1) is 24.1. The van der Waals surface area contributed by atoms with E-state index >= 15 is 0 Å². The molecule has 2 heterocycles. The maximum atomic E-state index is 14.0. The van der Waals surface area contributed by atoms with Crippen LogP contribution >= 0.6 is 0 Å². The average Bonchev–Trinajstić information content (AvgIpc) is 3.18. The zero-order chi connectivity index (χ0) is 25.5. The van der Waals surface area contributed by atoms with Crippen molar-refractivity contribution in [1.29, 1.82) is 10.8 Å². The molecule has 0 spiro atoms. The lowest BCUT2D eigenvalue weighted by Crippen LogP contribution is -2.27. The summed E-state index contributed by atoms with van der Waals surface area (Å²) in [7, 11) is 0. The number of nitrogens with zero attached hydrogens (tertiary/aromatic N) is 2. The molecule has 2 aromatic carbocycles. The smallest absolute Gasteiger partial charge is 0.377 e. The van der Waals surface area contributed by atoms with Crippen molar-refractivity contribution >= 4 is 17.6 Å². The Kier molecular flexibility index (Phi) is 6.19. The summed E-state index contributed by atoms with van der Waals surface area (Å²) in [6.07, 6.45) is -0.672. The number of hydrogen-bond acceptors (Lipinski definition) is 5. The van der Waals surface area contributed by atoms with E-state index in [4.69, 9.17) is 10.8 Å². The number of hydrogen-bond donors (Lipinski definition) is 3. The van der Waals surface area contributed by atoms with Crippen molar-refractivity contribution in [3.63, 3.8) is 0 Å². The van der Waals surface area contributed by atoms with Gasteiger partial charge in [0.15, 0.2) is 0 Å². The van der Waals surface area contributed by atoms with Gasteiger partial charge < -0.3 is 16.1 Å². The molecular formula is C26H24F3N5O. The van der Waals surface area contributed by atoms with Gasteiger partial charge in [0.25, 0.3) is 5.56 Å². The second kappa shape index (κ2) is 8.98. The normalized spacial score (nSPS) is 15.2. The lowest BCUT2D eigenvalue weighted by atomic mass is 9.99. The average molecular weight is 480 g/mol. The summed E-state index contributed by atoms with van der Waals surface area (Å²) in [4.78, 5) is 13.4. The van der Waals surface area contributed by atoms with Crippen LogP contribution in [0.5, 0.6) is 0 Å². The first-order valence-corrected chi connectivity index (χ1v) is 11.0. The van der Waals surface area contributed by atoms with Crippen LogP contribution in [0.3, 0.4) is 0 Å². The molecular weight excluding hydrogens is 455 g/mol. The van der Waals surface area contributed by atoms with Crippen molar-refractivity contribution in [1.82, 2.24) is 9.78 Å². The van der Waals surface area contributed by atoms with E-state index in [9.17, 15) is 18.0 Å². The van der Waals surface area contributed by atoms with Crippen LogP contribution in [-0.2, 0) is 12.6 Å². The van der Waals surface area contributed by atoms with Gasteiger partial charge in [-0.1, -0.05) is 23.3 Å². The Morgan fingerprint density at radius 1 is 1.17 bits per heavy atom. The number of benzene rings is 2. The van der Waals surface area contributed by atoms with Gasteiger partial charge in [-0.15, -0.1) is 0 Å². The van der Waals surface area contributed by atoms with Gasteiger partial charge in [-0.25, -0.2) is 0 Å². The molecule has 0 radical (unpaired) electrons. The van der Waals surface area contributed by atoms with E-state index in [-0.39, 0.29) is 23.0 Å². The van der Waals surface area contributed by atoms with Gasteiger partial charge in [-0.2, -0.15) is 23.0 Å². The van der Waals surface area contributed by atoms with E-state index in [1.807, 2.05) is 39.0 Å². The first-order valence-electron chi connectivity index (χ1n) is 11.0. The van der Waals surface area contributed by atoms with Gasteiger partial charge in [0.2, 0.25) is 0 Å². The zero-order valence-electron chi connectivity index (χ0n) is 19.4. The number of aromatic nitrogens is 2. The minimum atomic E-state index is -4.75. The molecule has 4 rings (SSSR count). The van der Waals surface area contributed by atoms with E-state index in [1.165, 1.54) is 18.2 Å². The van der Waals surface area contributed by atoms with Crippen LogP contribution in [-0.4, -0.2) is 27.7 Å². The number of anilines is 1. The lowest BCUT2D eigenvalue weighted by molar-refractivity contribution is -0.137. The van der Waals surface area contributed by atoms with Gasteiger partial charge in [0.1, 0.15) is 5.69 Å². The summed E-state index contributed by atoms with van der Waals surface area (Å²) in [5, 5.41) is 22.8.